The molecule has 0 atom stereocenters. The van der Waals surface area contributed by atoms with Gasteiger partial charge in [-0.2, -0.15) is 0 Å². The van der Waals surface area contributed by atoms with Gasteiger partial charge in [0.2, 0.25) is 0 Å². The van der Waals surface area contributed by atoms with Crippen molar-refractivity contribution in [1.82, 2.24) is 15.2 Å². The van der Waals surface area contributed by atoms with E-state index in [1.54, 1.807) is 0 Å². The van der Waals surface area contributed by atoms with E-state index in [-0.39, 0.29) is 0 Å². The number of nitrogens with zero attached hydrogens (tertiary/aromatic N) is 2. The molecule has 0 bridgehead atoms. The second-order valence-corrected chi connectivity index (χ2v) is 5.49. The van der Waals surface area contributed by atoms with Crippen molar-refractivity contribution in [1.29, 1.82) is 0 Å². The van der Waals surface area contributed by atoms with Gasteiger partial charge in [0.25, 0.3) is 0 Å². The first-order valence-electron chi connectivity index (χ1n) is 7.72. The Hall–Kier alpha value is -0.930. The van der Waals surface area contributed by atoms with Gasteiger partial charge >= 0.3 is 0 Å². The van der Waals surface area contributed by atoms with Crippen molar-refractivity contribution in [3.05, 3.63) is 29.6 Å². The molecule has 1 heterocycles. The van der Waals surface area contributed by atoms with Gasteiger partial charge in [-0.1, -0.05) is 26.3 Å². The molecular formula is C16H27N3. The highest BCUT2D eigenvalue weighted by Gasteiger charge is 2.28. The molecule has 1 N–H and O–H groups in total. The highest BCUT2D eigenvalue weighted by molar-refractivity contribution is 5.14. The summed E-state index contributed by atoms with van der Waals surface area (Å²) in [6.45, 7) is 8.57. The summed E-state index contributed by atoms with van der Waals surface area (Å²) in [5.41, 5.74) is 2.49. The van der Waals surface area contributed by atoms with Gasteiger partial charge in [-0.05, 0) is 44.0 Å². The van der Waals surface area contributed by atoms with Crippen LogP contribution in [-0.4, -0.2) is 29.0 Å². The fourth-order valence-corrected chi connectivity index (χ4v) is 2.32. The summed E-state index contributed by atoms with van der Waals surface area (Å²) in [4.78, 5) is 7.21. The normalized spacial score (nSPS) is 15.1. The van der Waals surface area contributed by atoms with Gasteiger partial charge in [-0.3, -0.25) is 9.88 Å². The molecule has 1 aromatic rings. The largest absolute Gasteiger partial charge is 0.313 e. The Kier molecular flexibility index (Phi) is 5.80. The van der Waals surface area contributed by atoms with Crippen LogP contribution in [0.1, 0.15) is 50.8 Å². The molecule has 0 saturated heterocycles. The van der Waals surface area contributed by atoms with Crippen LogP contribution in [0, 0.1) is 0 Å². The second-order valence-electron chi connectivity index (χ2n) is 5.49. The predicted octanol–water partition coefficient (Wildman–Crippen LogP) is 2.96. The number of rotatable bonds is 9. The highest BCUT2D eigenvalue weighted by atomic mass is 15.2. The van der Waals surface area contributed by atoms with Crippen LogP contribution in [0.4, 0.5) is 0 Å². The van der Waals surface area contributed by atoms with Crippen molar-refractivity contribution >= 4 is 0 Å². The van der Waals surface area contributed by atoms with Crippen LogP contribution in [0.15, 0.2) is 18.3 Å². The van der Waals surface area contributed by atoms with E-state index >= 15 is 0 Å². The van der Waals surface area contributed by atoms with Crippen LogP contribution in [0.3, 0.4) is 0 Å². The molecule has 0 radical (unpaired) electrons. The Bertz CT molecular complexity index is 357. The molecule has 1 aromatic heterocycles. The van der Waals surface area contributed by atoms with Crippen molar-refractivity contribution < 1.29 is 0 Å². The smallest absolute Gasteiger partial charge is 0.0544 e. The van der Waals surface area contributed by atoms with E-state index in [1.807, 2.05) is 6.20 Å². The number of hydrogen-bond acceptors (Lipinski definition) is 3. The lowest BCUT2D eigenvalue weighted by Crippen LogP contribution is -2.27. The van der Waals surface area contributed by atoms with E-state index in [4.69, 9.17) is 0 Å². The number of hydrogen-bond donors (Lipinski definition) is 1. The fraction of sp³-hybridized carbons (Fsp3) is 0.688. The van der Waals surface area contributed by atoms with E-state index in [2.05, 4.69) is 41.2 Å². The minimum Gasteiger partial charge on any atom is -0.313 e. The van der Waals surface area contributed by atoms with Gasteiger partial charge in [0, 0.05) is 25.3 Å². The zero-order valence-corrected chi connectivity index (χ0v) is 12.4. The lowest BCUT2D eigenvalue weighted by atomic mass is 10.2. The number of aromatic nitrogens is 1. The van der Waals surface area contributed by atoms with Gasteiger partial charge in [-0.25, -0.2) is 0 Å². The third-order valence-corrected chi connectivity index (χ3v) is 3.69. The Labute approximate surface area is 117 Å². The molecule has 0 aromatic carbocycles. The first-order valence-corrected chi connectivity index (χ1v) is 7.72. The third-order valence-electron chi connectivity index (χ3n) is 3.69. The summed E-state index contributed by atoms with van der Waals surface area (Å²) in [6.07, 6.45) is 7.35. The molecule has 1 aliphatic carbocycles. The summed E-state index contributed by atoms with van der Waals surface area (Å²) in [5, 5.41) is 3.33. The van der Waals surface area contributed by atoms with E-state index in [9.17, 15) is 0 Å². The molecule has 106 valence electrons. The fourth-order valence-electron chi connectivity index (χ4n) is 2.32. The number of nitrogens with one attached hydrogen (secondary N) is 1. The van der Waals surface area contributed by atoms with Crippen molar-refractivity contribution in [2.24, 2.45) is 0 Å². The zero-order valence-electron chi connectivity index (χ0n) is 12.4. The van der Waals surface area contributed by atoms with Crippen molar-refractivity contribution in [2.45, 2.75) is 58.7 Å². The molecule has 2 rings (SSSR count). The highest BCUT2D eigenvalue weighted by Crippen LogP contribution is 2.28. The minimum absolute atomic E-state index is 0.829. The summed E-state index contributed by atoms with van der Waals surface area (Å²) in [5.74, 6) is 0. The topological polar surface area (TPSA) is 28.2 Å². The molecule has 3 heteroatoms. The maximum absolute atomic E-state index is 4.61. The van der Waals surface area contributed by atoms with Crippen LogP contribution >= 0.6 is 0 Å². The van der Waals surface area contributed by atoms with Crippen LogP contribution in [0.25, 0.3) is 0 Å². The van der Waals surface area contributed by atoms with Gasteiger partial charge in [0.15, 0.2) is 0 Å². The van der Waals surface area contributed by atoms with Crippen molar-refractivity contribution in [3.63, 3.8) is 0 Å². The molecule has 3 nitrogen and oxygen atoms in total. The van der Waals surface area contributed by atoms with Gasteiger partial charge in [0.05, 0.1) is 5.69 Å². The average Bonchev–Trinajstić information content (AvgIpc) is 3.27. The van der Waals surface area contributed by atoms with Gasteiger partial charge in [-0.15, -0.1) is 0 Å². The number of unbranched alkanes of at least 4 members (excludes halogenated alkanes) is 1. The molecular weight excluding hydrogens is 234 g/mol. The summed E-state index contributed by atoms with van der Waals surface area (Å²) >= 11 is 0. The standard InChI is InChI=1S/C16H27N3/c1-3-5-10-19(16-8-9-16)13-15-7-6-14(12-18-15)11-17-4-2/h6-7,12,16-17H,3-5,8-11,13H2,1-2H3. The van der Waals surface area contributed by atoms with Crippen molar-refractivity contribution in [3.8, 4) is 0 Å². The van der Waals surface area contributed by atoms with E-state index in [0.29, 0.717) is 0 Å². The Morgan fingerprint density at radius 2 is 2.16 bits per heavy atom. The van der Waals surface area contributed by atoms with Crippen LogP contribution in [0.5, 0.6) is 0 Å². The van der Waals surface area contributed by atoms with Crippen LogP contribution in [0.2, 0.25) is 0 Å². The average molecular weight is 261 g/mol. The first-order chi connectivity index (χ1) is 9.33. The Morgan fingerprint density at radius 1 is 1.32 bits per heavy atom. The lowest BCUT2D eigenvalue weighted by Gasteiger charge is -2.21. The van der Waals surface area contributed by atoms with E-state index < -0.39 is 0 Å². The molecule has 0 spiro atoms. The monoisotopic (exact) mass is 261 g/mol. The SMILES string of the molecule is CCCCN(Cc1ccc(CNCC)cn1)C1CC1. The molecule has 1 fully saturated rings. The van der Waals surface area contributed by atoms with Crippen LogP contribution in [-0.2, 0) is 13.1 Å². The molecule has 1 saturated carbocycles. The van der Waals surface area contributed by atoms with Crippen molar-refractivity contribution in [2.75, 3.05) is 13.1 Å². The number of pyridine rings is 1. The zero-order chi connectivity index (χ0) is 13.5. The Morgan fingerprint density at radius 3 is 2.74 bits per heavy atom. The molecule has 19 heavy (non-hydrogen) atoms. The van der Waals surface area contributed by atoms with E-state index in [0.717, 1.165) is 25.7 Å². The molecule has 1 aliphatic rings. The maximum atomic E-state index is 4.61. The predicted molar refractivity (Wildman–Crippen MR) is 80.0 cm³/mol. The third kappa shape index (κ3) is 4.92. The van der Waals surface area contributed by atoms with Crippen LogP contribution < -0.4 is 5.32 Å². The van der Waals surface area contributed by atoms with Gasteiger partial charge in [0.1, 0.15) is 0 Å². The minimum atomic E-state index is 0.829. The summed E-state index contributed by atoms with van der Waals surface area (Å²) in [7, 11) is 0. The summed E-state index contributed by atoms with van der Waals surface area (Å²) in [6, 6.07) is 5.22. The summed E-state index contributed by atoms with van der Waals surface area (Å²) < 4.78 is 0. The second kappa shape index (κ2) is 7.61. The van der Waals surface area contributed by atoms with E-state index in [1.165, 1.54) is 43.5 Å². The lowest BCUT2D eigenvalue weighted by molar-refractivity contribution is 0.248. The Balaban J connectivity index is 1.86. The first kappa shape index (κ1) is 14.5. The molecule has 0 amide bonds. The molecule has 0 unspecified atom stereocenters. The maximum Gasteiger partial charge on any atom is 0.0544 e. The molecule has 0 aliphatic heterocycles. The van der Waals surface area contributed by atoms with Gasteiger partial charge < -0.3 is 5.32 Å². The quantitative estimate of drug-likeness (QED) is 0.741.